The maximum absolute atomic E-state index is 12.4. The molecule has 2 nitrogen and oxygen atoms in total. The van der Waals surface area contributed by atoms with Crippen LogP contribution in [0.25, 0.3) is 10.4 Å². The molecule has 0 unspecified atom stereocenters. The fourth-order valence-corrected chi connectivity index (χ4v) is 3.67. The molecule has 0 radical (unpaired) electrons. The molecule has 0 bridgehead atoms. The molecule has 0 aliphatic heterocycles. The van der Waals surface area contributed by atoms with E-state index in [1.807, 2.05) is 59.7 Å². The van der Waals surface area contributed by atoms with E-state index in [0.29, 0.717) is 18.0 Å². The lowest BCUT2D eigenvalue weighted by Crippen LogP contribution is -2.29. The van der Waals surface area contributed by atoms with Crippen LogP contribution in [0.15, 0.2) is 66.0 Å². The maximum Gasteiger partial charge on any atom is 0.227 e. The molecule has 122 valence electrons. The summed E-state index contributed by atoms with van der Waals surface area (Å²) in [6.07, 6.45) is 0.469. The Kier molecular flexibility index (Phi) is 5.34. The van der Waals surface area contributed by atoms with Gasteiger partial charge in [0.05, 0.1) is 12.2 Å². The van der Waals surface area contributed by atoms with Gasteiger partial charge in [0.15, 0.2) is 0 Å². The first kappa shape index (κ1) is 16.7. The van der Waals surface area contributed by atoms with E-state index >= 15 is 0 Å². The highest BCUT2D eigenvalue weighted by Gasteiger charge is 2.17. The van der Waals surface area contributed by atoms with Crippen LogP contribution in [0, 0.1) is 0 Å². The number of anilines is 1. The van der Waals surface area contributed by atoms with Gasteiger partial charge in [-0.1, -0.05) is 61.0 Å². The Labute approximate surface area is 151 Å². The second-order valence-electron chi connectivity index (χ2n) is 5.50. The van der Waals surface area contributed by atoms with Crippen molar-refractivity contribution in [2.45, 2.75) is 19.9 Å². The number of nitrogens with zero attached hydrogens (tertiary/aromatic N) is 1. The topological polar surface area (TPSA) is 20.3 Å². The molecule has 0 spiro atoms. The van der Waals surface area contributed by atoms with Gasteiger partial charge in [-0.15, -0.1) is 11.3 Å². The first-order chi connectivity index (χ1) is 11.7. The number of carbonyl (C=O) groups excluding carboxylic acids is 1. The molecule has 3 aromatic rings. The lowest BCUT2D eigenvalue weighted by Gasteiger charge is -2.21. The van der Waals surface area contributed by atoms with Gasteiger partial charge in [0.25, 0.3) is 0 Å². The van der Waals surface area contributed by atoms with Crippen LogP contribution >= 0.6 is 22.9 Å². The van der Waals surface area contributed by atoms with Crippen molar-refractivity contribution in [2.24, 2.45) is 0 Å². The number of hydrogen-bond donors (Lipinski definition) is 0. The zero-order valence-corrected chi connectivity index (χ0v) is 15.0. The summed E-state index contributed by atoms with van der Waals surface area (Å²) in [4.78, 5) is 15.4. The van der Waals surface area contributed by atoms with Gasteiger partial charge >= 0.3 is 0 Å². The summed E-state index contributed by atoms with van der Waals surface area (Å²) >= 11 is 7.72. The molecule has 0 aliphatic rings. The number of amides is 1. The van der Waals surface area contributed by atoms with Crippen molar-refractivity contribution in [2.75, 3.05) is 4.90 Å². The van der Waals surface area contributed by atoms with Gasteiger partial charge in [-0.2, -0.15) is 0 Å². The van der Waals surface area contributed by atoms with E-state index in [9.17, 15) is 4.79 Å². The Morgan fingerprint density at radius 1 is 1.08 bits per heavy atom. The van der Waals surface area contributed by atoms with E-state index in [-0.39, 0.29) is 5.91 Å². The van der Waals surface area contributed by atoms with Gasteiger partial charge in [-0.3, -0.25) is 4.79 Å². The third-order valence-electron chi connectivity index (χ3n) is 3.79. The average molecular weight is 356 g/mol. The van der Waals surface area contributed by atoms with Crippen molar-refractivity contribution in [3.05, 3.63) is 76.6 Å². The van der Waals surface area contributed by atoms with Crippen LogP contribution < -0.4 is 4.90 Å². The minimum absolute atomic E-state index is 0.104. The highest BCUT2D eigenvalue weighted by atomic mass is 35.5. The van der Waals surface area contributed by atoms with Crippen LogP contribution in [0.2, 0.25) is 5.02 Å². The Morgan fingerprint density at radius 2 is 1.88 bits per heavy atom. The van der Waals surface area contributed by atoms with E-state index in [0.717, 1.165) is 16.1 Å². The molecular formula is C20H18ClNOS. The van der Waals surface area contributed by atoms with Gasteiger partial charge in [-0.05, 0) is 29.3 Å². The van der Waals surface area contributed by atoms with E-state index < -0.39 is 0 Å². The van der Waals surface area contributed by atoms with Crippen LogP contribution in [0.3, 0.4) is 0 Å². The summed E-state index contributed by atoms with van der Waals surface area (Å²) in [6.45, 7) is 2.41. The monoisotopic (exact) mass is 355 g/mol. The quantitative estimate of drug-likeness (QED) is 0.548. The minimum Gasteiger partial charge on any atom is -0.307 e. The molecule has 1 heterocycles. The maximum atomic E-state index is 12.4. The number of carbonyl (C=O) groups is 1. The molecule has 0 N–H and O–H groups in total. The van der Waals surface area contributed by atoms with Crippen molar-refractivity contribution >= 4 is 34.5 Å². The lowest BCUT2D eigenvalue weighted by molar-refractivity contribution is -0.118. The summed E-state index contributed by atoms with van der Waals surface area (Å²) in [7, 11) is 0. The largest absolute Gasteiger partial charge is 0.307 e. The molecule has 0 atom stereocenters. The molecule has 1 amide bonds. The van der Waals surface area contributed by atoms with Crippen molar-refractivity contribution in [3.8, 4) is 10.4 Å². The van der Waals surface area contributed by atoms with Crippen LogP contribution in [0.1, 0.15) is 18.9 Å². The molecule has 0 saturated carbocycles. The van der Waals surface area contributed by atoms with Gasteiger partial charge < -0.3 is 4.90 Å². The van der Waals surface area contributed by atoms with E-state index in [4.69, 9.17) is 11.6 Å². The van der Waals surface area contributed by atoms with E-state index in [1.165, 1.54) is 5.56 Å². The fraction of sp³-hybridized carbons (Fsp3) is 0.150. The molecule has 0 fully saturated rings. The summed E-state index contributed by atoms with van der Waals surface area (Å²) in [6, 6.07) is 19.9. The summed E-state index contributed by atoms with van der Waals surface area (Å²) < 4.78 is 0. The highest BCUT2D eigenvalue weighted by Crippen LogP contribution is 2.32. The number of thiophene rings is 1. The molecule has 0 aliphatic carbocycles. The van der Waals surface area contributed by atoms with E-state index in [2.05, 4.69) is 18.2 Å². The molecule has 4 heteroatoms. The standard InChI is InChI=1S/C20H18ClNOS/c1-2-20(23)22(13-15-7-6-10-17(21)11-15)18-12-19(24-14-18)16-8-4-3-5-9-16/h3-12,14H,2,13H2,1H3. The predicted octanol–water partition coefficient (Wildman–Crippen LogP) is 6.01. The Hall–Kier alpha value is -2.10. The van der Waals surface area contributed by atoms with Gasteiger partial charge in [0.1, 0.15) is 0 Å². The minimum atomic E-state index is 0.104. The molecule has 3 rings (SSSR count). The second kappa shape index (κ2) is 7.65. The van der Waals surface area contributed by atoms with Crippen LogP contribution in [-0.2, 0) is 11.3 Å². The third-order valence-corrected chi connectivity index (χ3v) is 4.99. The highest BCUT2D eigenvalue weighted by molar-refractivity contribution is 7.14. The van der Waals surface area contributed by atoms with Crippen LogP contribution in [0.5, 0.6) is 0 Å². The number of rotatable bonds is 5. The molecule has 0 saturated heterocycles. The second-order valence-corrected chi connectivity index (χ2v) is 6.85. The lowest BCUT2D eigenvalue weighted by atomic mass is 10.1. The average Bonchev–Trinajstić information content (AvgIpc) is 3.09. The zero-order chi connectivity index (χ0) is 16.9. The number of hydrogen-bond acceptors (Lipinski definition) is 2. The van der Waals surface area contributed by atoms with Gasteiger partial charge in [0, 0.05) is 21.7 Å². The molecule has 1 aromatic heterocycles. The van der Waals surface area contributed by atoms with Crippen LogP contribution in [-0.4, -0.2) is 5.91 Å². The van der Waals surface area contributed by atoms with Gasteiger partial charge in [0.2, 0.25) is 5.91 Å². The first-order valence-corrected chi connectivity index (χ1v) is 9.12. The van der Waals surface area contributed by atoms with Crippen molar-refractivity contribution in [1.29, 1.82) is 0 Å². The Bertz CT molecular complexity index is 828. The predicted molar refractivity (Wildman–Crippen MR) is 103 cm³/mol. The first-order valence-electron chi connectivity index (χ1n) is 7.86. The van der Waals surface area contributed by atoms with Crippen molar-refractivity contribution < 1.29 is 4.79 Å². The smallest absolute Gasteiger partial charge is 0.227 e. The summed E-state index contributed by atoms with van der Waals surface area (Å²) in [5.41, 5.74) is 3.13. The number of halogens is 1. The van der Waals surface area contributed by atoms with Gasteiger partial charge in [-0.25, -0.2) is 0 Å². The van der Waals surface area contributed by atoms with Crippen LogP contribution in [0.4, 0.5) is 5.69 Å². The number of benzene rings is 2. The Balaban J connectivity index is 1.89. The van der Waals surface area contributed by atoms with E-state index in [1.54, 1.807) is 11.3 Å². The normalized spacial score (nSPS) is 10.6. The molecular weight excluding hydrogens is 338 g/mol. The fourth-order valence-electron chi connectivity index (χ4n) is 2.55. The molecule has 2 aromatic carbocycles. The van der Waals surface area contributed by atoms with Crippen molar-refractivity contribution in [1.82, 2.24) is 0 Å². The summed E-state index contributed by atoms with van der Waals surface area (Å²) in [5.74, 6) is 0.104. The SMILES string of the molecule is CCC(=O)N(Cc1cccc(Cl)c1)c1csc(-c2ccccc2)c1. The summed E-state index contributed by atoms with van der Waals surface area (Å²) in [5, 5.41) is 2.73. The zero-order valence-electron chi connectivity index (χ0n) is 13.4. The third kappa shape index (κ3) is 3.86. The van der Waals surface area contributed by atoms with Crippen molar-refractivity contribution in [3.63, 3.8) is 0 Å². The molecule has 24 heavy (non-hydrogen) atoms. The Morgan fingerprint density at radius 3 is 2.58 bits per heavy atom.